The zero-order valence-corrected chi connectivity index (χ0v) is 12.2. The highest BCUT2D eigenvalue weighted by Gasteiger charge is 2.20. The van der Waals surface area contributed by atoms with Crippen molar-refractivity contribution in [3.8, 4) is 5.75 Å². The number of aliphatic hydroxyl groups is 1. The Balaban J connectivity index is 2.53. The molecule has 0 aliphatic heterocycles. The summed E-state index contributed by atoms with van der Waals surface area (Å²) < 4.78 is 29.0. The SMILES string of the molecule is CC(O)CC(C)(C)CNCc1ccccc1OC(F)F. The second-order valence-electron chi connectivity index (χ2n) is 5.81. The molecule has 0 aromatic heterocycles. The van der Waals surface area contributed by atoms with Gasteiger partial charge in [0.2, 0.25) is 0 Å². The molecule has 1 aromatic rings. The van der Waals surface area contributed by atoms with Crippen LogP contribution in [0, 0.1) is 5.41 Å². The summed E-state index contributed by atoms with van der Waals surface area (Å²) in [5.74, 6) is 0.198. The molecule has 0 saturated heterocycles. The third-order valence-electron chi connectivity index (χ3n) is 2.96. The van der Waals surface area contributed by atoms with Gasteiger partial charge in [0.05, 0.1) is 6.10 Å². The molecule has 1 atom stereocenters. The number of hydrogen-bond acceptors (Lipinski definition) is 3. The van der Waals surface area contributed by atoms with Crippen molar-refractivity contribution in [1.82, 2.24) is 5.32 Å². The van der Waals surface area contributed by atoms with Crippen LogP contribution in [-0.2, 0) is 6.54 Å². The Morgan fingerprint density at radius 3 is 2.55 bits per heavy atom. The largest absolute Gasteiger partial charge is 0.434 e. The van der Waals surface area contributed by atoms with Crippen molar-refractivity contribution in [2.75, 3.05) is 6.54 Å². The quantitative estimate of drug-likeness (QED) is 0.771. The van der Waals surface area contributed by atoms with Crippen molar-refractivity contribution in [2.24, 2.45) is 5.41 Å². The molecule has 0 saturated carbocycles. The maximum absolute atomic E-state index is 12.3. The summed E-state index contributed by atoms with van der Waals surface area (Å²) in [6.45, 7) is 4.17. The maximum Gasteiger partial charge on any atom is 0.387 e. The predicted molar refractivity (Wildman–Crippen MR) is 74.9 cm³/mol. The Morgan fingerprint density at radius 2 is 1.95 bits per heavy atom. The van der Waals surface area contributed by atoms with Gasteiger partial charge < -0.3 is 15.2 Å². The number of alkyl halides is 2. The van der Waals surface area contributed by atoms with Gasteiger partial charge in [-0.1, -0.05) is 32.0 Å². The van der Waals surface area contributed by atoms with Crippen molar-refractivity contribution in [2.45, 2.75) is 46.5 Å². The van der Waals surface area contributed by atoms with Gasteiger partial charge >= 0.3 is 6.61 Å². The van der Waals surface area contributed by atoms with E-state index in [0.717, 1.165) is 0 Å². The fourth-order valence-corrected chi connectivity index (χ4v) is 2.27. The number of ether oxygens (including phenoxy) is 1. The Morgan fingerprint density at radius 1 is 1.30 bits per heavy atom. The fraction of sp³-hybridized carbons (Fsp3) is 0.600. The van der Waals surface area contributed by atoms with Gasteiger partial charge in [0.1, 0.15) is 5.75 Å². The molecular formula is C15H23F2NO2. The van der Waals surface area contributed by atoms with Crippen LogP contribution >= 0.6 is 0 Å². The first kappa shape index (κ1) is 16.9. The van der Waals surface area contributed by atoms with Crippen molar-refractivity contribution in [1.29, 1.82) is 0 Å². The first-order chi connectivity index (χ1) is 9.30. The molecule has 0 amide bonds. The van der Waals surface area contributed by atoms with E-state index in [9.17, 15) is 13.9 Å². The van der Waals surface area contributed by atoms with Gasteiger partial charge in [-0.15, -0.1) is 0 Å². The van der Waals surface area contributed by atoms with Crippen LogP contribution in [0.5, 0.6) is 5.75 Å². The van der Waals surface area contributed by atoms with Gasteiger partial charge in [-0.05, 0) is 24.8 Å². The number of para-hydroxylation sites is 1. The van der Waals surface area contributed by atoms with E-state index in [-0.39, 0.29) is 17.3 Å². The predicted octanol–water partition coefficient (Wildman–Crippen LogP) is 3.17. The monoisotopic (exact) mass is 287 g/mol. The van der Waals surface area contributed by atoms with E-state index >= 15 is 0 Å². The summed E-state index contributed by atoms with van der Waals surface area (Å²) in [5.41, 5.74) is 0.632. The van der Waals surface area contributed by atoms with Crippen LogP contribution in [0.2, 0.25) is 0 Å². The van der Waals surface area contributed by atoms with Crippen LogP contribution < -0.4 is 10.1 Å². The molecule has 114 valence electrons. The molecule has 0 aliphatic carbocycles. The Labute approximate surface area is 119 Å². The molecule has 0 radical (unpaired) electrons. The number of rotatable bonds is 8. The summed E-state index contributed by atoms with van der Waals surface area (Å²) >= 11 is 0. The molecule has 0 heterocycles. The topological polar surface area (TPSA) is 41.5 Å². The third-order valence-corrected chi connectivity index (χ3v) is 2.96. The lowest BCUT2D eigenvalue weighted by Gasteiger charge is -2.26. The molecule has 20 heavy (non-hydrogen) atoms. The standard InChI is InChI=1S/C15H23F2NO2/c1-11(19)8-15(2,3)10-18-9-12-6-4-5-7-13(12)20-14(16)17/h4-7,11,14,18-19H,8-10H2,1-3H3. The highest BCUT2D eigenvalue weighted by atomic mass is 19.3. The molecule has 0 bridgehead atoms. The first-order valence-corrected chi connectivity index (χ1v) is 6.72. The number of halogens is 2. The van der Waals surface area contributed by atoms with E-state index in [1.54, 1.807) is 25.1 Å². The summed E-state index contributed by atoms with van der Waals surface area (Å²) in [5, 5.41) is 12.6. The molecule has 1 unspecified atom stereocenters. The smallest absolute Gasteiger partial charge is 0.387 e. The number of hydrogen-bond donors (Lipinski definition) is 2. The van der Waals surface area contributed by atoms with E-state index in [4.69, 9.17) is 0 Å². The van der Waals surface area contributed by atoms with E-state index in [1.807, 2.05) is 13.8 Å². The van der Waals surface area contributed by atoms with E-state index < -0.39 is 6.61 Å². The summed E-state index contributed by atoms with van der Waals surface area (Å²) in [7, 11) is 0. The molecule has 5 heteroatoms. The van der Waals surface area contributed by atoms with Gasteiger partial charge in [-0.25, -0.2) is 0 Å². The Bertz CT molecular complexity index is 409. The number of benzene rings is 1. The van der Waals surface area contributed by atoms with Crippen LogP contribution in [0.1, 0.15) is 32.8 Å². The minimum Gasteiger partial charge on any atom is -0.434 e. The van der Waals surface area contributed by atoms with Crippen molar-refractivity contribution >= 4 is 0 Å². The van der Waals surface area contributed by atoms with Crippen LogP contribution in [0.25, 0.3) is 0 Å². The number of aliphatic hydroxyl groups excluding tert-OH is 1. The first-order valence-electron chi connectivity index (χ1n) is 6.72. The van der Waals surface area contributed by atoms with Gasteiger partial charge in [0.25, 0.3) is 0 Å². The highest BCUT2D eigenvalue weighted by Crippen LogP contribution is 2.23. The fourth-order valence-electron chi connectivity index (χ4n) is 2.27. The second kappa shape index (κ2) is 7.55. The zero-order valence-electron chi connectivity index (χ0n) is 12.2. The van der Waals surface area contributed by atoms with Gasteiger partial charge in [0, 0.05) is 18.7 Å². The lowest BCUT2D eigenvalue weighted by Crippen LogP contribution is -2.31. The van der Waals surface area contributed by atoms with Gasteiger partial charge in [-0.3, -0.25) is 0 Å². The van der Waals surface area contributed by atoms with E-state index in [1.165, 1.54) is 6.07 Å². The molecule has 1 aromatic carbocycles. The molecule has 0 fully saturated rings. The second-order valence-corrected chi connectivity index (χ2v) is 5.81. The summed E-state index contributed by atoms with van der Waals surface area (Å²) in [6, 6.07) is 6.74. The minimum atomic E-state index is -2.82. The zero-order chi connectivity index (χ0) is 15.2. The minimum absolute atomic E-state index is 0.0628. The maximum atomic E-state index is 12.3. The molecule has 2 N–H and O–H groups in total. The average Bonchev–Trinajstić information content (AvgIpc) is 2.28. The lowest BCUT2D eigenvalue weighted by atomic mass is 9.87. The summed E-state index contributed by atoms with van der Waals surface area (Å²) in [6.07, 6.45) is 0.316. The van der Waals surface area contributed by atoms with E-state index in [2.05, 4.69) is 10.1 Å². The van der Waals surface area contributed by atoms with Gasteiger partial charge in [0.15, 0.2) is 0 Å². The third kappa shape index (κ3) is 6.30. The Hall–Kier alpha value is -1.20. The van der Waals surface area contributed by atoms with Crippen molar-refractivity contribution in [3.63, 3.8) is 0 Å². The summed E-state index contributed by atoms with van der Waals surface area (Å²) in [4.78, 5) is 0. The molecule has 0 spiro atoms. The molecule has 0 aliphatic rings. The van der Waals surface area contributed by atoms with Crippen LogP contribution in [-0.4, -0.2) is 24.4 Å². The highest BCUT2D eigenvalue weighted by molar-refractivity contribution is 5.33. The van der Waals surface area contributed by atoms with Crippen molar-refractivity contribution in [3.05, 3.63) is 29.8 Å². The number of nitrogens with one attached hydrogen (secondary N) is 1. The Kier molecular flexibility index (Phi) is 6.36. The molecular weight excluding hydrogens is 264 g/mol. The normalized spacial score (nSPS) is 13.6. The lowest BCUT2D eigenvalue weighted by molar-refractivity contribution is -0.0505. The van der Waals surface area contributed by atoms with Crippen LogP contribution in [0.4, 0.5) is 8.78 Å². The average molecular weight is 287 g/mol. The van der Waals surface area contributed by atoms with Crippen molar-refractivity contribution < 1.29 is 18.6 Å². The van der Waals surface area contributed by atoms with Crippen LogP contribution in [0.3, 0.4) is 0 Å². The van der Waals surface area contributed by atoms with E-state index in [0.29, 0.717) is 25.1 Å². The molecule has 1 rings (SSSR count). The van der Waals surface area contributed by atoms with Crippen LogP contribution in [0.15, 0.2) is 24.3 Å². The molecule has 3 nitrogen and oxygen atoms in total. The van der Waals surface area contributed by atoms with Gasteiger partial charge in [-0.2, -0.15) is 8.78 Å².